The van der Waals surface area contributed by atoms with Gasteiger partial charge in [-0.3, -0.25) is 15.2 Å². The SMILES string of the molecule is NNC(=O)c1ccc(CSc2ncco2)nc1. The second-order valence-corrected chi connectivity index (χ2v) is 4.02. The number of carbonyl (C=O) groups is 1. The molecule has 0 aromatic carbocycles. The van der Waals surface area contributed by atoms with Crippen molar-refractivity contribution >= 4 is 17.7 Å². The number of hydrazine groups is 1. The Kier molecular flexibility index (Phi) is 3.73. The van der Waals surface area contributed by atoms with Crippen LogP contribution in [0, 0.1) is 0 Å². The number of oxazole rings is 1. The minimum Gasteiger partial charge on any atom is -0.440 e. The van der Waals surface area contributed by atoms with E-state index in [0.29, 0.717) is 16.5 Å². The van der Waals surface area contributed by atoms with Gasteiger partial charge in [0.2, 0.25) is 0 Å². The lowest BCUT2D eigenvalue weighted by molar-refractivity contribution is 0.0953. The minimum absolute atomic E-state index is 0.357. The van der Waals surface area contributed by atoms with E-state index >= 15 is 0 Å². The third kappa shape index (κ3) is 3.05. The van der Waals surface area contributed by atoms with E-state index in [2.05, 4.69) is 9.97 Å². The van der Waals surface area contributed by atoms with Crippen molar-refractivity contribution in [3.8, 4) is 0 Å². The zero-order valence-corrected chi connectivity index (χ0v) is 9.61. The average Bonchev–Trinajstić information content (AvgIpc) is 2.89. The maximum absolute atomic E-state index is 11.2. The molecule has 6 nitrogen and oxygen atoms in total. The molecular formula is C10H10N4O2S. The summed E-state index contributed by atoms with van der Waals surface area (Å²) in [6.45, 7) is 0. The van der Waals surface area contributed by atoms with E-state index in [0.717, 1.165) is 5.69 Å². The summed E-state index contributed by atoms with van der Waals surface area (Å²) in [4.78, 5) is 19.3. The lowest BCUT2D eigenvalue weighted by atomic mass is 10.2. The molecule has 0 bridgehead atoms. The molecule has 0 unspecified atom stereocenters. The van der Waals surface area contributed by atoms with Gasteiger partial charge in [-0.15, -0.1) is 0 Å². The highest BCUT2D eigenvalue weighted by Crippen LogP contribution is 2.19. The van der Waals surface area contributed by atoms with Crippen LogP contribution < -0.4 is 11.3 Å². The van der Waals surface area contributed by atoms with Gasteiger partial charge in [-0.25, -0.2) is 10.8 Å². The molecule has 2 rings (SSSR count). The summed E-state index contributed by atoms with van der Waals surface area (Å²) in [5.74, 6) is 5.29. The Labute approximate surface area is 102 Å². The predicted molar refractivity (Wildman–Crippen MR) is 62.0 cm³/mol. The number of nitrogens with two attached hydrogens (primary N) is 1. The number of pyridine rings is 1. The van der Waals surface area contributed by atoms with Gasteiger partial charge >= 0.3 is 0 Å². The van der Waals surface area contributed by atoms with E-state index < -0.39 is 0 Å². The normalized spacial score (nSPS) is 10.2. The summed E-state index contributed by atoms with van der Waals surface area (Å²) in [7, 11) is 0. The number of nitrogen functional groups attached to an aromatic ring is 1. The van der Waals surface area contributed by atoms with Gasteiger partial charge < -0.3 is 4.42 Å². The van der Waals surface area contributed by atoms with E-state index in [1.807, 2.05) is 5.43 Å². The first-order valence-corrected chi connectivity index (χ1v) is 5.76. The smallest absolute Gasteiger partial charge is 0.266 e. The molecule has 2 aromatic rings. The molecule has 0 spiro atoms. The van der Waals surface area contributed by atoms with Crippen LogP contribution in [0.5, 0.6) is 0 Å². The van der Waals surface area contributed by atoms with Gasteiger partial charge in [-0.2, -0.15) is 0 Å². The lowest BCUT2D eigenvalue weighted by Gasteiger charge is -2.01. The molecule has 0 saturated heterocycles. The van der Waals surface area contributed by atoms with Crippen molar-refractivity contribution in [2.24, 2.45) is 5.84 Å². The first kappa shape index (κ1) is 11.6. The molecule has 0 aliphatic rings. The number of nitrogens with zero attached hydrogens (tertiary/aromatic N) is 2. The van der Waals surface area contributed by atoms with Crippen LogP contribution in [0.2, 0.25) is 0 Å². The Balaban J connectivity index is 1.96. The van der Waals surface area contributed by atoms with Gasteiger partial charge in [0, 0.05) is 11.9 Å². The highest BCUT2D eigenvalue weighted by molar-refractivity contribution is 7.98. The summed E-state index contributed by atoms with van der Waals surface area (Å²) in [6, 6.07) is 3.43. The van der Waals surface area contributed by atoms with Crippen molar-refractivity contribution < 1.29 is 9.21 Å². The summed E-state index contributed by atoms with van der Waals surface area (Å²) in [5, 5.41) is 0.593. The van der Waals surface area contributed by atoms with Crippen LogP contribution in [-0.2, 0) is 5.75 Å². The minimum atomic E-state index is -0.357. The molecule has 0 atom stereocenters. The second-order valence-electron chi connectivity index (χ2n) is 3.10. The van der Waals surface area contributed by atoms with Crippen LogP contribution in [0.25, 0.3) is 0 Å². The van der Waals surface area contributed by atoms with Gasteiger partial charge in [-0.1, -0.05) is 11.8 Å². The number of aromatic nitrogens is 2. The highest BCUT2D eigenvalue weighted by Gasteiger charge is 2.05. The summed E-state index contributed by atoms with van der Waals surface area (Å²) in [5.41, 5.74) is 3.31. The number of nitrogens with one attached hydrogen (secondary N) is 1. The molecule has 0 aliphatic carbocycles. The number of carbonyl (C=O) groups excluding carboxylic acids is 1. The quantitative estimate of drug-likeness (QED) is 0.363. The first-order valence-electron chi connectivity index (χ1n) is 4.78. The molecular weight excluding hydrogens is 240 g/mol. The van der Waals surface area contributed by atoms with E-state index in [4.69, 9.17) is 10.3 Å². The summed E-state index contributed by atoms with van der Waals surface area (Å²) >= 11 is 1.43. The monoisotopic (exact) mass is 250 g/mol. The predicted octanol–water partition coefficient (Wildman–Crippen LogP) is 0.965. The fourth-order valence-corrected chi connectivity index (χ4v) is 1.85. The second kappa shape index (κ2) is 5.46. The van der Waals surface area contributed by atoms with Crippen molar-refractivity contribution in [3.05, 3.63) is 42.0 Å². The van der Waals surface area contributed by atoms with E-state index in [-0.39, 0.29) is 5.91 Å². The van der Waals surface area contributed by atoms with Crippen LogP contribution in [0.3, 0.4) is 0 Å². The number of hydrogen-bond acceptors (Lipinski definition) is 6. The van der Waals surface area contributed by atoms with Crippen LogP contribution in [0.4, 0.5) is 0 Å². The third-order valence-electron chi connectivity index (χ3n) is 1.97. The third-order valence-corrected chi connectivity index (χ3v) is 2.86. The van der Waals surface area contributed by atoms with Crippen LogP contribution in [0.1, 0.15) is 16.1 Å². The standard InChI is InChI=1S/C10H10N4O2S/c11-14-9(15)7-1-2-8(13-5-7)6-17-10-12-3-4-16-10/h1-5H,6,11H2,(H,14,15). The van der Waals surface area contributed by atoms with Crippen molar-refractivity contribution in [2.45, 2.75) is 11.0 Å². The summed E-state index contributed by atoms with van der Waals surface area (Å²) in [6.07, 6.45) is 4.59. The Morgan fingerprint density at radius 1 is 1.47 bits per heavy atom. The van der Waals surface area contributed by atoms with Crippen molar-refractivity contribution in [1.82, 2.24) is 15.4 Å². The van der Waals surface area contributed by atoms with Gasteiger partial charge in [0.15, 0.2) is 0 Å². The molecule has 17 heavy (non-hydrogen) atoms. The molecule has 0 fully saturated rings. The molecule has 7 heteroatoms. The molecule has 0 saturated carbocycles. The number of amides is 1. The molecule has 3 N–H and O–H groups in total. The van der Waals surface area contributed by atoms with Gasteiger partial charge in [0.1, 0.15) is 6.26 Å². The van der Waals surface area contributed by atoms with Gasteiger partial charge in [-0.05, 0) is 12.1 Å². The van der Waals surface area contributed by atoms with Crippen LogP contribution >= 0.6 is 11.8 Å². The van der Waals surface area contributed by atoms with Crippen LogP contribution in [0.15, 0.2) is 40.4 Å². The number of rotatable bonds is 4. The van der Waals surface area contributed by atoms with Gasteiger partial charge in [0.25, 0.3) is 11.1 Å². The van der Waals surface area contributed by atoms with Gasteiger partial charge in [0.05, 0.1) is 17.5 Å². The fourth-order valence-electron chi connectivity index (χ4n) is 1.14. The number of thioether (sulfide) groups is 1. The maximum Gasteiger partial charge on any atom is 0.266 e. The summed E-state index contributed by atoms with van der Waals surface area (Å²) < 4.78 is 5.08. The molecule has 1 amide bonds. The molecule has 0 radical (unpaired) electrons. The van der Waals surface area contributed by atoms with E-state index in [9.17, 15) is 4.79 Å². The Morgan fingerprint density at radius 2 is 2.35 bits per heavy atom. The van der Waals surface area contributed by atoms with Crippen LogP contribution in [-0.4, -0.2) is 15.9 Å². The average molecular weight is 250 g/mol. The topological polar surface area (TPSA) is 94.0 Å². The first-order chi connectivity index (χ1) is 8.29. The Hall–Kier alpha value is -1.86. The van der Waals surface area contributed by atoms with Crippen molar-refractivity contribution in [2.75, 3.05) is 0 Å². The van der Waals surface area contributed by atoms with E-state index in [1.165, 1.54) is 24.2 Å². The Bertz CT molecular complexity index is 484. The Morgan fingerprint density at radius 3 is 2.94 bits per heavy atom. The molecule has 2 aromatic heterocycles. The van der Waals surface area contributed by atoms with Crippen molar-refractivity contribution in [3.63, 3.8) is 0 Å². The lowest BCUT2D eigenvalue weighted by Crippen LogP contribution is -2.30. The molecule has 88 valence electrons. The van der Waals surface area contributed by atoms with Crippen molar-refractivity contribution in [1.29, 1.82) is 0 Å². The zero-order chi connectivity index (χ0) is 12.1. The molecule has 2 heterocycles. The highest BCUT2D eigenvalue weighted by atomic mass is 32.2. The van der Waals surface area contributed by atoms with E-state index in [1.54, 1.807) is 18.3 Å². The largest absolute Gasteiger partial charge is 0.440 e. The fraction of sp³-hybridized carbons (Fsp3) is 0.100. The maximum atomic E-state index is 11.2. The zero-order valence-electron chi connectivity index (χ0n) is 8.79. The molecule has 0 aliphatic heterocycles. The number of hydrogen-bond donors (Lipinski definition) is 2.